The van der Waals surface area contributed by atoms with Crippen LogP contribution < -0.4 is 19.8 Å². The maximum absolute atomic E-state index is 12.0. The molecule has 1 saturated heterocycles. The van der Waals surface area contributed by atoms with Gasteiger partial charge in [-0.1, -0.05) is 81.4 Å². The molecular formula is C34H42O6Si. The number of benzene rings is 3. The molecule has 41 heavy (non-hydrogen) atoms. The second-order valence-corrected chi connectivity index (χ2v) is 16.5. The second-order valence-electron chi connectivity index (χ2n) is 12.2. The largest absolute Gasteiger partial charge is 0.496 e. The predicted octanol–water partition coefficient (Wildman–Crippen LogP) is 6.10. The van der Waals surface area contributed by atoms with Crippen molar-refractivity contribution in [3.05, 3.63) is 83.9 Å². The van der Waals surface area contributed by atoms with E-state index in [4.69, 9.17) is 23.4 Å². The van der Waals surface area contributed by atoms with Gasteiger partial charge in [-0.05, 0) is 53.4 Å². The number of hydrogen-bond acceptors (Lipinski definition) is 6. The summed E-state index contributed by atoms with van der Waals surface area (Å²) in [5.41, 5.74) is 1.38. The Hall–Kier alpha value is -3.13. The van der Waals surface area contributed by atoms with Gasteiger partial charge in [-0.25, -0.2) is 0 Å². The van der Waals surface area contributed by atoms with Crippen LogP contribution in [-0.2, 0) is 25.3 Å². The van der Waals surface area contributed by atoms with Crippen molar-refractivity contribution in [3.8, 4) is 11.5 Å². The van der Waals surface area contributed by atoms with Gasteiger partial charge in [0.05, 0.1) is 38.1 Å². The molecule has 1 fully saturated rings. The van der Waals surface area contributed by atoms with Crippen molar-refractivity contribution in [1.82, 2.24) is 0 Å². The van der Waals surface area contributed by atoms with Gasteiger partial charge in [-0.15, -0.1) is 0 Å². The molecule has 0 radical (unpaired) electrons. The number of fused-ring (bicyclic) bond motifs is 4. The average molecular weight is 575 g/mol. The molecule has 0 amide bonds. The monoisotopic (exact) mass is 574 g/mol. The van der Waals surface area contributed by atoms with Crippen LogP contribution in [0.4, 0.5) is 0 Å². The summed E-state index contributed by atoms with van der Waals surface area (Å²) >= 11 is 0. The van der Waals surface area contributed by atoms with E-state index in [1.165, 1.54) is 10.4 Å². The van der Waals surface area contributed by atoms with Crippen molar-refractivity contribution >= 4 is 24.7 Å². The highest BCUT2D eigenvalue weighted by atomic mass is 28.4. The zero-order valence-corrected chi connectivity index (χ0v) is 26.1. The van der Waals surface area contributed by atoms with Crippen molar-refractivity contribution in [1.29, 1.82) is 0 Å². The lowest BCUT2D eigenvalue weighted by atomic mass is 9.87. The molecule has 5 rings (SSSR count). The van der Waals surface area contributed by atoms with Crippen LogP contribution in [0.1, 0.15) is 71.1 Å². The highest BCUT2D eigenvalue weighted by molar-refractivity contribution is 6.99. The van der Waals surface area contributed by atoms with Crippen molar-refractivity contribution in [2.45, 2.75) is 83.3 Å². The highest BCUT2D eigenvalue weighted by Gasteiger charge is 2.53. The van der Waals surface area contributed by atoms with Crippen LogP contribution in [-0.4, -0.2) is 39.7 Å². The number of methoxy groups -OCH3 is 1. The first-order valence-corrected chi connectivity index (χ1v) is 16.5. The van der Waals surface area contributed by atoms with Gasteiger partial charge >= 0.3 is 5.97 Å². The molecule has 218 valence electrons. The van der Waals surface area contributed by atoms with Crippen LogP contribution in [0.5, 0.6) is 11.5 Å². The zero-order valence-electron chi connectivity index (χ0n) is 25.1. The summed E-state index contributed by atoms with van der Waals surface area (Å²) in [6.07, 6.45) is 1.19. The Morgan fingerprint density at radius 1 is 1.02 bits per heavy atom. The van der Waals surface area contributed by atoms with E-state index in [1.807, 2.05) is 6.92 Å². The lowest BCUT2D eigenvalue weighted by Crippen LogP contribution is -2.66. The Morgan fingerprint density at radius 3 is 2.22 bits per heavy atom. The van der Waals surface area contributed by atoms with Gasteiger partial charge in [0.15, 0.2) is 0 Å². The zero-order chi connectivity index (χ0) is 29.3. The number of hydrogen-bond donors (Lipinski definition) is 0. The van der Waals surface area contributed by atoms with Crippen molar-refractivity contribution in [3.63, 3.8) is 0 Å². The van der Waals surface area contributed by atoms with Gasteiger partial charge in [0.2, 0.25) is 0 Å². The lowest BCUT2D eigenvalue weighted by Gasteiger charge is -2.43. The molecule has 2 aliphatic rings. The van der Waals surface area contributed by atoms with Crippen LogP contribution >= 0.6 is 0 Å². The first-order valence-electron chi connectivity index (χ1n) is 14.6. The van der Waals surface area contributed by atoms with E-state index in [0.29, 0.717) is 32.5 Å². The Labute approximate surface area is 245 Å². The van der Waals surface area contributed by atoms with Gasteiger partial charge in [0.25, 0.3) is 8.32 Å². The third kappa shape index (κ3) is 5.55. The number of esters is 1. The Balaban J connectivity index is 1.46. The molecule has 3 aromatic rings. The Morgan fingerprint density at radius 2 is 1.66 bits per heavy atom. The number of carbonyl (C=O) groups is 1. The van der Waals surface area contributed by atoms with Crippen LogP contribution in [0.25, 0.3) is 0 Å². The molecule has 0 spiro atoms. The SMILES string of the molecule is CCOC(=O)CC[C@@H]1O[C@@H]2C[C@@]1(C)Oc1cc(CO[Si](c3ccccc3)(c3ccccc3)C(C)(C)C)cc(OC)c12. The first kappa shape index (κ1) is 29.4. The molecule has 0 N–H and O–H groups in total. The smallest absolute Gasteiger partial charge is 0.305 e. The van der Waals surface area contributed by atoms with Crippen molar-refractivity contribution in [2.75, 3.05) is 13.7 Å². The molecule has 2 aliphatic heterocycles. The molecule has 7 heteroatoms. The van der Waals surface area contributed by atoms with Crippen molar-refractivity contribution in [2.24, 2.45) is 0 Å². The van der Waals surface area contributed by atoms with Crippen molar-refractivity contribution < 1.29 is 28.2 Å². The van der Waals surface area contributed by atoms with E-state index in [2.05, 4.69) is 100 Å². The van der Waals surface area contributed by atoms with E-state index in [1.54, 1.807) is 7.11 Å². The lowest BCUT2D eigenvalue weighted by molar-refractivity contribution is -0.144. The molecule has 0 aliphatic carbocycles. The second kappa shape index (κ2) is 11.6. The predicted molar refractivity (Wildman–Crippen MR) is 163 cm³/mol. The van der Waals surface area contributed by atoms with Crippen LogP contribution in [0.2, 0.25) is 5.04 Å². The third-order valence-corrected chi connectivity index (χ3v) is 13.4. The van der Waals surface area contributed by atoms with Gasteiger partial charge in [0, 0.05) is 12.8 Å². The standard InChI is InChI=1S/C34H42O6Si/c1-7-37-31(35)19-18-30-34(5)22-29(39-30)32-27(36-6)20-24(21-28(32)40-34)23-38-41(33(2,3)4,25-14-10-8-11-15-25)26-16-12-9-13-17-26/h8-17,20-21,29-30H,7,18-19,22-23H2,1-6H3/t29-,30+,34-/m1/s1. The minimum Gasteiger partial charge on any atom is -0.496 e. The van der Waals surface area contributed by atoms with Gasteiger partial charge in [-0.3, -0.25) is 4.79 Å². The summed E-state index contributed by atoms with van der Waals surface area (Å²) < 4.78 is 31.3. The maximum atomic E-state index is 12.0. The van der Waals surface area contributed by atoms with Crippen LogP contribution in [0, 0.1) is 0 Å². The summed E-state index contributed by atoms with van der Waals surface area (Å²) in [5, 5.41) is 2.35. The summed E-state index contributed by atoms with van der Waals surface area (Å²) in [4.78, 5) is 12.0. The van der Waals surface area contributed by atoms with Crippen LogP contribution in [0.15, 0.2) is 72.8 Å². The van der Waals surface area contributed by atoms with Crippen LogP contribution in [0.3, 0.4) is 0 Å². The molecule has 0 aromatic heterocycles. The first-order chi connectivity index (χ1) is 19.6. The fourth-order valence-electron chi connectivity index (χ4n) is 6.54. The summed E-state index contributed by atoms with van der Waals surface area (Å²) in [6, 6.07) is 25.4. The normalized spacial score (nSPS) is 21.6. The summed E-state index contributed by atoms with van der Waals surface area (Å²) in [6.45, 7) is 11.5. The molecule has 6 nitrogen and oxygen atoms in total. The molecule has 3 atom stereocenters. The summed E-state index contributed by atoms with van der Waals surface area (Å²) in [7, 11) is -1.03. The maximum Gasteiger partial charge on any atom is 0.305 e. The van der Waals surface area contributed by atoms with E-state index in [-0.39, 0.29) is 23.2 Å². The van der Waals surface area contributed by atoms with E-state index in [0.717, 1.165) is 22.6 Å². The Kier molecular flexibility index (Phi) is 8.33. The van der Waals surface area contributed by atoms with E-state index >= 15 is 0 Å². The topological polar surface area (TPSA) is 63.2 Å². The highest BCUT2D eigenvalue weighted by Crippen LogP contribution is 2.54. The third-order valence-electron chi connectivity index (χ3n) is 8.44. The average Bonchev–Trinajstić information content (AvgIpc) is 3.21. The quantitative estimate of drug-likeness (QED) is 0.216. The number of ether oxygens (including phenoxy) is 4. The number of carbonyl (C=O) groups excluding carboxylic acids is 1. The van der Waals surface area contributed by atoms with Gasteiger partial charge in [-0.2, -0.15) is 0 Å². The van der Waals surface area contributed by atoms with Gasteiger partial charge < -0.3 is 23.4 Å². The van der Waals surface area contributed by atoms with Gasteiger partial charge in [0.1, 0.15) is 17.1 Å². The minimum absolute atomic E-state index is 0.128. The minimum atomic E-state index is -2.71. The number of rotatable bonds is 10. The summed E-state index contributed by atoms with van der Waals surface area (Å²) in [5.74, 6) is 1.29. The molecule has 3 aromatic carbocycles. The molecule has 2 heterocycles. The molecule has 2 bridgehead atoms. The fourth-order valence-corrected chi connectivity index (χ4v) is 11.1. The Bertz CT molecular complexity index is 1310. The molecule has 0 unspecified atom stereocenters. The fraction of sp³-hybridized carbons (Fsp3) is 0.441. The van der Waals surface area contributed by atoms with E-state index < -0.39 is 13.9 Å². The van der Waals surface area contributed by atoms with E-state index in [9.17, 15) is 4.79 Å². The molecule has 0 saturated carbocycles. The molecular weight excluding hydrogens is 532 g/mol.